The lowest BCUT2D eigenvalue weighted by Crippen LogP contribution is -2.30. The van der Waals surface area contributed by atoms with Crippen LogP contribution >= 0.6 is 0 Å². The fourth-order valence-corrected chi connectivity index (χ4v) is 3.47. The first-order valence-electron chi connectivity index (χ1n) is 11.3. The maximum absolute atomic E-state index is 12.6. The van der Waals surface area contributed by atoms with Gasteiger partial charge in [0.25, 0.3) is 11.8 Å². The molecule has 0 bridgehead atoms. The molecule has 5 heteroatoms. The minimum atomic E-state index is -0.266. The third-order valence-electron chi connectivity index (χ3n) is 5.46. The Morgan fingerprint density at radius 1 is 0.906 bits per heavy atom. The van der Waals surface area contributed by atoms with Crippen molar-refractivity contribution < 1.29 is 14.3 Å². The Hall–Kier alpha value is -2.82. The van der Waals surface area contributed by atoms with E-state index in [-0.39, 0.29) is 29.3 Å². The van der Waals surface area contributed by atoms with Crippen molar-refractivity contribution in [1.82, 2.24) is 4.90 Å². The zero-order chi connectivity index (χ0) is 24.1. The van der Waals surface area contributed by atoms with Crippen molar-refractivity contribution in [3.05, 3.63) is 59.2 Å². The summed E-state index contributed by atoms with van der Waals surface area (Å²) in [7, 11) is 0. The first-order valence-corrected chi connectivity index (χ1v) is 11.3. The molecule has 5 nitrogen and oxygen atoms in total. The lowest BCUT2D eigenvalue weighted by atomic mass is 9.80. The van der Waals surface area contributed by atoms with Gasteiger partial charge in [0.05, 0.1) is 0 Å². The molecule has 0 heterocycles. The Labute approximate surface area is 193 Å². The van der Waals surface area contributed by atoms with E-state index in [4.69, 9.17) is 4.74 Å². The number of hydrogen-bond donors (Lipinski definition) is 1. The van der Waals surface area contributed by atoms with Crippen LogP contribution in [0.2, 0.25) is 0 Å². The van der Waals surface area contributed by atoms with E-state index in [1.54, 1.807) is 29.2 Å². The normalized spacial score (nSPS) is 11.8. The molecule has 0 saturated heterocycles. The Balaban J connectivity index is 2.12. The van der Waals surface area contributed by atoms with Crippen LogP contribution in [0.25, 0.3) is 0 Å². The van der Waals surface area contributed by atoms with Gasteiger partial charge in [-0.15, -0.1) is 0 Å². The van der Waals surface area contributed by atoms with Gasteiger partial charge in [-0.2, -0.15) is 0 Å². The fourth-order valence-electron chi connectivity index (χ4n) is 3.47. The summed E-state index contributed by atoms with van der Waals surface area (Å²) in [6, 6.07) is 13.2. The number of hydrogen-bond acceptors (Lipinski definition) is 3. The van der Waals surface area contributed by atoms with Crippen molar-refractivity contribution in [2.24, 2.45) is 0 Å². The van der Waals surface area contributed by atoms with E-state index >= 15 is 0 Å². The summed E-state index contributed by atoms with van der Waals surface area (Å²) >= 11 is 0. The van der Waals surface area contributed by atoms with Crippen molar-refractivity contribution >= 4 is 17.5 Å². The molecular weight excluding hydrogens is 400 g/mol. The third kappa shape index (κ3) is 6.59. The van der Waals surface area contributed by atoms with Crippen molar-refractivity contribution in [2.45, 2.75) is 66.2 Å². The van der Waals surface area contributed by atoms with Crippen molar-refractivity contribution in [3.63, 3.8) is 0 Å². The van der Waals surface area contributed by atoms with Gasteiger partial charge in [0.1, 0.15) is 5.75 Å². The molecule has 0 atom stereocenters. The zero-order valence-corrected chi connectivity index (χ0v) is 20.8. The number of carbonyl (C=O) groups excluding carboxylic acids is 2. The van der Waals surface area contributed by atoms with Crippen LogP contribution in [0, 0.1) is 0 Å². The van der Waals surface area contributed by atoms with Crippen LogP contribution in [0.3, 0.4) is 0 Å². The smallest absolute Gasteiger partial charge is 0.262 e. The molecule has 0 spiro atoms. The number of amides is 2. The van der Waals surface area contributed by atoms with E-state index in [2.05, 4.69) is 59.0 Å². The van der Waals surface area contributed by atoms with Gasteiger partial charge in [-0.3, -0.25) is 9.59 Å². The second-order valence-electron chi connectivity index (χ2n) is 10.1. The van der Waals surface area contributed by atoms with Gasteiger partial charge >= 0.3 is 0 Å². The minimum Gasteiger partial charge on any atom is -0.483 e. The number of benzene rings is 2. The molecule has 1 N–H and O–H groups in total. The second kappa shape index (κ2) is 10.2. The van der Waals surface area contributed by atoms with Crippen LogP contribution in [0.4, 0.5) is 5.69 Å². The molecule has 2 rings (SSSR count). The summed E-state index contributed by atoms with van der Waals surface area (Å²) in [5, 5.41) is 2.84. The van der Waals surface area contributed by atoms with Gasteiger partial charge in [0.2, 0.25) is 0 Å². The van der Waals surface area contributed by atoms with Gasteiger partial charge in [0.15, 0.2) is 6.61 Å². The molecule has 0 aromatic heterocycles. The highest BCUT2D eigenvalue weighted by Gasteiger charge is 2.23. The van der Waals surface area contributed by atoms with E-state index in [9.17, 15) is 9.59 Å². The number of carbonyl (C=O) groups is 2. The van der Waals surface area contributed by atoms with Crippen LogP contribution in [0.1, 0.15) is 76.9 Å². The number of nitrogens with one attached hydrogen (secondary N) is 1. The fraction of sp³-hybridized carbons (Fsp3) is 0.481. The van der Waals surface area contributed by atoms with Gasteiger partial charge in [0, 0.05) is 24.3 Å². The van der Waals surface area contributed by atoms with Crippen molar-refractivity contribution in [1.29, 1.82) is 0 Å². The van der Waals surface area contributed by atoms with Gasteiger partial charge in [-0.25, -0.2) is 0 Å². The van der Waals surface area contributed by atoms with E-state index < -0.39 is 0 Å². The first-order chi connectivity index (χ1) is 14.9. The summed E-state index contributed by atoms with van der Waals surface area (Å²) < 4.78 is 5.93. The largest absolute Gasteiger partial charge is 0.483 e. The Morgan fingerprint density at radius 2 is 1.56 bits per heavy atom. The standard InChI is InChI=1S/C27H38N2O3/c1-9-29(10-2)25(31)19-12-11-13-21(16-19)28-24(30)18-32-23-15-14-20(26(3,4)5)17-22(23)27(6,7)8/h11-17H,9-10,18H2,1-8H3,(H,28,30). The molecule has 32 heavy (non-hydrogen) atoms. The maximum atomic E-state index is 12.6. The summed E-state index contributed by atoms with van der Waals surface area (Å²) in [6.45, 7) is 18.0. The summed E-state index contributed by atoms with van der Waals surface area (Å²) in [5.74, 6) is 0.402. The number of nitrogens with zero attached hydrogens (tertiary/aromatic N) is 1. The Morgan fingerprint density at radius 3 is 2.12 bits per heavy atom. The predicted molar refractivity (Wildman–Crippen MR) is 132 cm³/mol. The number of anilines is 1. The zero-order valence-electron chi connectivity index (χ0n) is 20.8. The quantitative estimate of drug-likeness (QED) is 0.596. The molecule has 0 unspecified atom stereocenters. The van der Waals surface area contributed by atoms with Crippen molar-refractivity contribution in [3.8, 4) is 5.75 Å². The van der Waals surface area contributed by atoms with Crippen LogP contribution in [-0.4, -0.2) is 36.4 Å². The predicted octanol–water partition coefficient (Wildman–Crippen LogP) is 5.78. The van der Waals surface area contributed by atoms with E-state index in [0.29, 0.717) is 30.1 Å². The molecule has 174 valence electrons. The number of ether oxygens (including phenoxy) is 1. The van der Waals surface area contributed by atoms with Gasteiger partial charge in [-0.1, -0.05) is 59.7 Å². The van der Waals surface area contributed by atoms with Gasteiger partial charge in [-0.05, 0) is 60.1 Å². The topological polar surface area (TPSA) is 58.6 Å². The highest BCUT2D eigenvalue weighted by atomic mass is 16.5. The van der Waals surface area contributed by atoms with Crippen LogP contribution < -0.4 is 10.1 Å². The molecule has 0 aliphatic carbocycles. The van der Waals surface area contributed by atoms with E-state index in [0.717, 1.165) is 5.56 Å². The Bertz CT molecular complexity index is 948. The van der Waals surface area contributed by atoms with Crippen molar-refractivity contribution in [2.75, 3.05) is 25.0 Å². The lowest BCUT2D eigenvalue weighted by Gasteiger charge is -2.27. The van der Waals surface area contributed by atoms with E-state index in [1.165, 1.54) is 5.56 Å². The van der Waals surface area contributed by atoms with Gasteiger partial charge < -0.3 is 15.0 Å². The molecule has 0 fully saturated rings. The molecule has 2 aromatic carbocycles. The minimum absolute atomic E-state index is 0.0312. The molecule has 0 aliphatic rings. The molecule has 2 aromatic rings. The summed E-state index contributed by atoms with van der Waals surface area (Å²) in [4.78, 5) is 26.9. The third-order valence-corrected chi connectivity index (χ3v) is 5.46. The first kappa shape index (κ1) is 25.4. The van der Waals surface area contributed by atoms with Crippen LogP contribution in [0.15, 0.2) is 42.5 Å². The van der Waals surface area contributed by atoms with Crippen LogP contribution in [-0.2, 0) is 15.6 Å². The number of rotatable bonds is 7. The SMILES string of the molecule is CCN(CC)C(=O)c1cccc(NC(=O)COc2ccc(C(C)(C)C)cc2C(C)(C)C)c1. The highest BCUT2D eigenvalue weighted by molar-refractivity contribution is 5.97. The molecule has 0 saturated carbocycles. The Kier molecular flexibility index (Phi) is 8.11. The molecule has 0 aliphatic heterocycles. The average molecular weight is 439 g/mol. The maximum Gasteiger partial charge on any atom is 0.262 e. The average Bonchev–Trinajstić information content (AvgIpc) is 2.71. The summed E-state index contributed by atoms with van der Waals surface area (Å²) in [5.41, 5.74) is 3.35. The summed E-state index contributed by atoms with van der Waals surface area (Å²) in [6.07, 6.45) is 0. The monoisotopic (exact) mass is 438 g/mol. The van der Waals surface area contributed by atoms with E-state index in [1.807, 2.05) is 19.9 Å². The highest BCUT2D eigenvalue weighted by Crippen LogP contribution is 2.35. The molecule has 2 amide bonds. The molecule has 0 radical (unpaired) electrons. The second-order valence-corrected chi connectivity index (χ2v) is 10.1. The lowest BCUT2D eigenvalue weighted by molar-refractivity contribution is -0.118. The molecular formula is C27H38N2O3. The van der Waals surface area contributed by atoms with Crippen LogP contribution in [0.5, 0.6) is 5.75 Å².